The fourth-order valence-electron chi connectivity index (χ4n) is 2.21. The second-order valence-corrected chi connectivity index (χ2v) is 6.81. The fourth-order valence-corrected chi connectivity index (χ4v) is 3.70. The molecule has 0 bridgehead atoms. The fraction of sp³-hybridized carbons (Fsp3) is 0.538. The molecular formula is C13H19NO4S. The number of hydrogen-bond donors (Lipinski definition) is 2. The molecule has 0 saturated carbocycles. The predicted octanol–water partition coefficient (Wildman–Crippen LogP) is 1.03. The lowest BCUT2D eigenvalue weighted by molar-refractivity contribution is 0.0386. The second-order valence-electron chi connectivity index (χ2n) is 5.13. The topological polar surface area (TPSA) is 75.6 Å². The highest BCUT2D eigenvalue weighted by molar-refractivity contribution is 7.89. The van der Waals surface area contributed by atoms with Gasteiger partial charge >= 0.3 is 0 Å². The van der Waals surface area contributed by atoms with Crippen molar-refractivity contribution in [1.82, 2.24) is 4.72 Å². The molecule has 0 aliphatic carbocycles. The van der Waals surface area contributed by atoms with E-state index in [0.717, 1.165) is 12.8 Å². The summed E-state index contributed by atoms with van der Waals surface area (Å²) in [5, 5.41) is 9.06. The molecule has 0 amide bonds. The molecule has 0 spiro atoms. The molecule has 0 radical (unpaired) electrons. The lowest BCUT2D eigenvalue weighted by Crippen LogP contribution is -2.51. The van der Waals surface area contributed by atoms with Gasteiger partial charge in [-0.15, -0.1) is 0 Å². The van der Waals surface area contributed by atoms with Gasteiger partial charge in [-0.2, -0.15) is 0 Å². The predicted molar refractivity (Wildman–Crippen MR) is 71.1 cm³/mol. The van der Waals surface area contributed by atoms with E-state index >= 15 is 0 Å². The highest BCUT2D eigenvalue weighted by atomic mass is 32.2. The maximum absolute atomic E-state index is 12.3. The third-order valence-corrected chi connectivity index (χ3v) is 4.85. The Balaban J connectivity index is 2.21. The first-order valence-corrected chi connectivity index (χ1v) is 7.75. The molecule has 0 aromatic heterocycles. The summed E-state index contributed by atoms with van der Waals surface area (Å²) in [4.78, 5) is 0.172. The standard InChI is InChI=1S/C13H19NO4S/c1-13(6-3-7-18-10-13)14-19(16,17)12-5-2-4-11(8-12)9-15/h2,4-5,8,14-15H,3,6-7,9-10H2,1H3. The van der Waals surface area contributed by atoms with Gasteiger partial charge in [0.25, 0.3) is 0 Å². The van der Waals surface area contributed by atoms with Crippen molar-refractivity contribution in [3.05, 3.63) is 29.8 Å². The Labute approximate surface area is 113 Å². The van der Waals surface area contributed by atoms with Crippen molar-refractivity contribution in [3.63, 3.8) is 0 Å². The van der Waals surface area contributed by atoms with Gasteiger partial charge in [-0.25, -0.2) is 13.1 Å². The van der Waals surface area contributed by atoms with Gasteiger partial charge in [0, 0.05) is 6.61 Å². The van der Waals surface area contributed by atoms with Crippen LogP contribution < -0.4 is 4.72 Å². The molecule has 1 aliphatic heterocycles. The van der Waals surface area contributed by atoms with Crippen molar-refractivity contribution >= 4 is 10.0 Å². The number of sulfonamides is 1. The van der Waals surface area contributed by atoms with Crippen LogP contribution in [0.3, 0.4) is 0 Å². The summed E-state index contributed by atoms with van der Waals surface area (Å²) in [6.07, 6.45) is 1.60. The summed E-state index contributed by atoms with van der Waals surface area (Å²) in [6, 6.07) is 6.31. The van der Waals surface area contributed by atoms with Gasteiger partial charge in [-0.05, 0) is 37.5 Å². The Kier molecular flexibility index (Phi) is 4.25. The van der Waals surface area contributed by atoms with Gasteiger partial charge in [0.2, 0.25) is 10.0 Å². The number of rotatable bonds is 4. The number of aliphatic hydroxyl groups excluding tert-OH is 1. The maximum atomic E-state index is 12.3. The van der Waals surface area contributed by atoms with Gasteiger partial charge in [-0.1, -0.05) is 12.1 Å². The third kappa shape index (κ3) is 3.54. The van der Waals surface area contributed by atoms with Gasteiger partial charge in [0.1, 0.15) is 0 Å². The molecule has 1 heterocycles. The van der Waals surface area contributed by atoms with E-state index in [9.17, 15) is 8.42 Å². The first kappa shape index (κ1) is 14.5. The van der Waals surface area contributed by atoms with Crippen molar-refractivity contribution in [2.24, 2.45) is 0 Å². The van der Waals surface area contributed by atoms with Crippen LogP contribution in [0.25, 0.3) is 0 Å². The molecule has 1 aromatic carbocycles. The van der Waals surface area contributed by atoms with Crippen molar-refractivity contribution in [2.75, 3.05) is 13.2 Å². The summed E-state index contributed by atoms with van der Waals surface area (Å²) < 4.78 is 32.7. The molecule has 1 saturated heterocycles. The molecule has 1 aromatic rings. The Morgan fingerprint density at radius 3 is 2.89 bits per heavy atom. The molecule has 1 fully saturated rings. The SMILES string of the molecule is CC1(NS(=O)(=O)c2cccc(CO)c2)CCCOC1. The van der Waals surface area contributed by atoms with Gasteiger partial charge in [0.15, 0.2) is 0 Å². The minimum absolute atomic E-state index is 0.172. The first-order chi connectivity index (χ1) is 8.95. The molecule has 106 valence electrons. The second kappa shape index (κ2) is 5.58. The maximum Gasteiger partial charge on any atom is 0.241 e. The molecule has 6 heteroatoms. The molecule has 2 N–H and O–H groups in total. The summed E-state index contributed by atoms with van der Waals surface area (Å²) in [5.74, 6) is 0. The highest BCUT2D eigenvalue weighted by Crippen LogP contribution is 2.22. The van der Waals surface area contributed by atoms with Crippen LogP contribution in [0.4, 0.5) is 0 Å². The van der Waals surface area contributed by atoms with E-state index in [1.807, 2.05) is 6.92 Å². The Morgan fingerprint density at radius 2 is 2.26 bits per heavy atom. The zero-order chi connectivity index (χ0) is 13.9. The van der Waals surface area contributed by atoms with E-state index in [-0.39, 0.29) is 11.5 Å². The van der Waals surface area contributed by atoms with Crippen molar-refractivity contribution in [2.45, 2.75) is 36.8 Å². The molecule has 1 unspecified atom stereocenters. The average Bonchev–Trinajstić information content (AvgIpc) is 2.38. The summed E-state index contributed by atoms with van der Waals surface area (Å²) >= 11 is 0. The number of nitrogens with one attached hydrogen (secondary N) is 1. The van der Waals surface area contributed by atoms with Crippen molar-refractivity contribution in [1.29, 1.82) is 0 Å². The molecule has 19 heavy (non-hydrogen) atoms. The lowest BCUT2D eigenvalue weighted by Gasteiger charge is -2.33. The van der Waals surface area contributed by atoms with Crippen molar-refractivity contribution < 1.29 is 18.3 Å². The summed E-state index contributed by atoms with van der Waals surface area (Å²) in [6.45, 7) is 2.73. The Hall–Kier alpha value is -0.950. The zero-order valence-electron chi connectivity index (χ0n) is 10.9. The van der Waals surface area contributed by atoms with Crippen LogP contribution in [0.5, 0.6) is 0 Å². The lowest BCUT2D eigenvalue weighted by atomic mass is 9.97. The minimum Gasteiger partial charge on any atom is -0.392 e. The van der Waals surface area contributed by atoms with E-state index < -0.39 is 15.6 Å². The Morgan fingerprint density at radius 1 is 1.47 bits per heavy atom. The normalized spacial score (nSPS) is 24.3. The third-order valence-electron chi connectivity index (χ3n) is 3.21. The van der Waals surface area contributed by atoms with E-state index in [4.69, 9.17) is 9.84 Å². The number of aliphatic hydroxyl groups is 1. The smallest absolute Gasteiger partial charge is 0.241 e. The zero-order valence-corrected chi connectivity index (χ0v) is 11.7. The number of benzene rings is 1. The first-order valence-electron chi connectivity index (χ1n) is 6.27. The van der Waals surface area contributed by atoms with Crippen LogP contribution in [0.15, 0.2) is 29.2 Å². The molecule has 2 rings (SSSR count). The van der Waals surface area contributed by atoms with E-state index in [1.54, 1.807) is 12.1 Å². The van der Waals surface area contributed by atoms with Crippen LogP contribution in [0.1, 0.15) is 25.3 Å². The molecule has 1 atom stereocenters. The van der Waals surface area contributed by atoms with Crippen molar-refractivity contribution in [3.8, 4) is 0 Å². The van der Waals surface area contributed by atoms with Crippen LogP contribution in [0, 0.1) is 0 Å². The average molecular weight is 285 g/mol. The van der Waals surface area contributed by atoms with E-state index in [1.165, 1.54) is 12.1 Å². The summed E-state index contributed by atoms with van der Waals surface area (Å²) in [7, 11) is -3.59. The summed E-state index contributed by atoms with van der Waals surface area (Å²) in [5.41, 5.74) is 0.0136. The largest absolute Gasteiger partial charge is 0.392 e. The number of ether oxygens (including phenoxy) is 1. The van der Waals surface area contributed by atoms with E-state index in [0.29, 0.717) is 18.8 Å². The van der Waals surface area contributed by atoms with Crippen LogP contribution in [0.2, 0.25) is 0 Å². The Bertz CT molecular complexity index is 535. The monoisotopic (exact) mass is 285 g/mol. The molecular weight excluding hydrogens is 266 g/mol. The number of hydrogen-bond acceptors (Lipinski definition) is 4. The van der Waals surface area contributed by atoms with Gasteiger partial charge < -0.3 is 9.84 Å². The highest BCUT2D eigenvalue weighted by Gasteiger charge is 2.32. The van der Waals surface area contributed by atoms with Crippen LogP contribution in [-0.4, -0.2) is 32.3 Å². The minimum atomic E-state index is -3.59. The van der Waals surface area contributed by atoms with Gasteiger partial charge in [-0.3, -0.25) is 0 Å². The van der Waals surface area contributed by atoms with Crippen LogP contribution in [-0.2, 0) is 21.4 Å². The van der Waals surface area contributed by atoms with Gasteiger partial charge in [0.05, 0.1) is 23.6 Å². The van der Waals surface area contributed by atoms with Crippen LogP contribution >= 0.6 is 0 Å². The quantitative estimate of drug-likeness (QED) is 0.866. The molecule has 5 nitrogen and oxygen atoms in total. The molecule has 1 aliphatic rings. The van der Waals surface area contributed by atoms with E-state index in [2.05, 4.69) is 4.72 Å².